The number of amides is 1. The third-order valence-corrected chi connectivity index (χ3v) is 5.06. The van der Waals surface area contributed by atoms with Gasteiger partial charge in [-0.2, -0.15) is 16.9 Å². The lowest BCUT2D eigenvalue weighted by Gasteiger charge is -2.13. The maximum absolute atomic E-state index is 12.4. The van der Waals surface area contributed by atoms with Gasteiger partial charge in [-0.15, -0.1) is 0 Å². The van der Waals surface area contributed by atoms with Crippen LogP contribution in [0.3, 0.4) is 0 Å². The number of hydrogen-bond donors (Lipinski definition) is 2. The number of thioether (sulfide) groups is 1. The molecule has 2 N–H and O–H groups in total. The fourth-order valence-corrected chi connectivity index (χ4v) is 3.62. The second-order valence-electron chi connectivity index (χ2n) is 5.29. The van der Waals surface area contributed by atoms with Crippen molar-refractivity contribution in [3.8, 4) is 0 Å². The molecule has 1 fully saturated rings. The summed E-state index contributed by atoms with van der Waals surface area (Å²) in [6, 6.07) is 7.24. The molecule has 1 aromatic heterocycles. The first kappa shape index (κ1) is 14.1. The molecule has 21 heavy (non-hydrogen) atoms. The van der Waals surface area contributed by atoms with Crippen LogP contribution in [0.25, 0.3) is 10.8 Å². The van der Waals surface area contributed by atoms with E-state index in [4.69, 9.17) is 0 Å². The summed E-state index contributed by atoms with van der Waals surface area (Å²) in [6.45, 7) is 0. The van der Waals surface area contributed by atoms with Crippen LogP contribution in [0.15, 0.2) is 29.1 Å². The summed E-state index contributed by atoms with van der Waals surface area (Å²) in [5.74, 6) is -0.214. The van der Waals surface area contributed by atoms with Crippen LogP contribution in [-0.4, -0.2) is 33.7 Å². The number of benzene rings is 1. The molecule has 0 saturated heterocycles. The molecule has 1 aliphatic rings. The summed E-state index contributed by atoms with van der Waals surface area (Å²) in [4.78, 5) is 24.1. The van der Waals surface area contributed by atoms with Gasteiger partial charge >= 0.3 is 0 Å². The lowest BCUT2D eigenvalue weighted by Crippen LogP contribution is -2.34. The van der Waals surface area contributed by atoms with Gasteiger partial charge in [0.2, 0.25) is 0 Å². The lowest BCUT2D eigenvalue weighted by atomic mass is 10.1. The monoisotopic (exact) mass is 303 g/mol. The molecular formula is C15H17N3O2S. The highest BCUT2D eigenvalue weighted by atomic mass is 32.2. The maximum atomic E-state index is 12.4. The Labute approximate surface area is 126 Å². The van der Waals surface area contributed by atoms with E-state index in [1.807, 2.05) is 11.8 Å². The molecule has 2 unspecified atom stereocenters. The molecule has 0 spiro atoms. The van der Waals surface area contributed by atoms with E-state index < -0.39 is 0 Å². The van der Waals surface area contributed by atoms with Crippen molar-refractivity contribution in [3.05, 3.63) is 40.3 Å². The Hall–Kier alpha value is -1.82. The Morgan fingerprint density at radius 1 is 1.33 bits per heavy atom. The van der Waals surface area contributed by atoms with E-state index in [1.54, 1.807) is 24.3 Å². The topological polar surface area (TPSA) is 74.8 Å². The van der Waals surface area contributed by atoms with Crippen molar-refractivity contribution in [2.24, 2.45) is 0 Å². The maximum Gasteiger partial charge on any atom is 0.272 e. The first-order valence-corrected chi connectivity index (χ1v) is 8.29. The van der Waals surface area contributed by atoms with Crippen LogP contribution in [0.2, 0.25) is 0 Å². The molecule has 3 rings (SSSR count). The highest BCUT2D eigenvalue weighted by Crippen LogP contribution is 2.28. The van der Waals surface area contributed by atoms with Crippen molar-refractivity contribution in [1.82, 2.24) is 15.5 Å². The first-order chi connectivity index (χ1) is 10.2. The number of fused-ring (bicyclic) bond motifs is 1. The van der Waals surface area contributed by atoms with E-state index in [1.165, 1.54) is 0 Å². The van der Waals surface area contributed by atoms with Gasteiger partial charge in [0.25, 0.3) is 11.5 Å². The van der Waals surface area contributed by atoms with Crippen LogP contribution in [-0.2, 0) is 0 Å². The molecule has 0 bridgehead atoms. The van der Waals surface area contributed by atoms with Crippen LogP contribution < -0.4 is 10.9 Å². The van der Waals surface area contributed by atoms with Gasteiger partial charge in [-0.25, -0.2) is 5.10 Å². The highest BCUT2D eigenvalue weighted by molar-refractivity contribution is 7.99. The smallest absolute Gasteiger partial charge is 0.272 e. The van der Waals surface area contributed by atoms with E-state index in [9.17, 15) is 9.59 Å². The van der Waals surface area contributed by atoms with Crippen molar-refractivity contribution < 1.29 is 4.79 Å². The fourth-order valence-electron chi connectivity index (χ4n) is 2.83. The van der Waals surface area contributed by atoms with Gasteiger partial charge in [0.1, 0.15) is 0 Å². The van der Waals surface area contributed by atoms with Gasteiger partial charge in [0, 0.05) is 16.7 Å². The molecule has 0 aliphatic heterocycles. The van der Waals surface area contributed by atoms with Gasteiger partial charge < -0.3 is 5.32 Å². The Morgan fingerprint density at radius 2 is 2.10 bits per heavy atom. The molecule has 5 nitrogen and oxygen atoms in total. The SMILES string of the molecule is CSC1CCC(NC(=O)c2n[nH]c(=O)c3ccccc23)C1. The van der Waals surface area contributed by atoms with Crippen molar-refractivity contribution in [2.75, 3.05) is 6.26 Å². The van der Waals surface area contributed by atoms with Crippen molar-refractivity contribution in [1.29, 1.82) is 0 Å². The van der Waals surface area contributed by atoms with Crippen LogP contribution in [0, 0.1) is 0 Å². The second-order valence-corrected chi connectivity index (χ2v) is 6.43. The lowest BCUT2D eigenvalue weighted by molar-refractivity contribution is 0.0933. The number of aromatic amines is 1. The number of nitrogens with zero attached hydrogens (tertiary/aromatic N) is 1. The largest absolute Gasteiger partial charge is 0.348 e. The van der Waals surface area contributed by atoms with E-state index >= 15 is 0 Å². The van der Waals surface area contributed by atoms with Crippen molar-refractivity contribution in [3.63, 3.8) is 0 Å². The average Bonchev–Trinajstić information content (AvgIpc) is 2.95. The Kier molecular flexibility index (Phi) is 3.96. The van der Waals surface area contributed by atoms with Crippen LogP contribution >= 0.6 is 11.8 Å². The molecule has 1 aliphatic carbocycles. The van der Waals surface area contributed by atoms with E-state index in [2.05, 4.69) is 21.8 Å². The zero-order valence-corrected chi connectivity index (χ0v) is 12.6. The summed E-state index contributed by atoms with van der Waals surface area (Å²) < 4.78 is 0. The number of aromatic nitrogens is 2. The fraction of sp³-hybridized carbons (Fsp3) is 0.400. The second kappa shape index (κ2) is 5.89. The number of carbonyl (C=O) groups is 1. The minimum absolute atomic E-state index is 0.197. The molecule has 110 valence electrons. The van der Waals surface area contributed by atoms with Gasteiger partial charge in [-0.05, 0) is 31.6 Å². The minimum Gasteiger partial charge on any atom is -0.348 e. The van der Waals surface area contributed by atoms with Crippen LogP contribution in [0.1, 0.15) is 29.8 Å². The molecule has 6 heteroatoms. The third kappa shape index (κ3) is 2.81. The number of H-pyrrole nitrogens is 1. The predicted octanol–water partition coefficient (Wildman–Crippen LogP) is 1.94. The van der Waals surface area contributed by atoms with Crippen LogP contribution in [0.5, 0.6) is 0 Å². The molecule has 2 aromatic rings. The quantitative estimate of drug-likeness (QED) is 0.908. The summed E-state index contributed by atoms with van der Waals surface area (Å²) in [5, 5.41) is 11.1. The van der Waals surface area contributed by atoms with Gasteiger partial charge in [0.05, 0.1) is 5.39 Å². The third-order valence-electron chi connectivity index (χ3n) is 3.96. The van der Waals surface area contributed by atoms with Gasteiger partial charge in [0.15, 0.2) is 5.69 Å². The Balaban J connectivity index is 1.86. The molecule has 1 aromatic carbocycles. The molecular weight excluding hydrogens is 286 g/mol. The molecule has 1 saturated carbocycles. The normalized spacial score (nSPS) is 21.6. The van der Waals surface area contributed by atoms with E-state index in [-0.39, 0.29) is 23.2 Å². The Bertz CT molecular complexity index is 728. The van der Waals surface area contributed by atoms with Crippen LogP contribution in [0.4, 0.5) is 0 Å². The van der Waals surface area contributed by atoms with Crippen molar-refractivity contribution in [2.45, 2.75) is 30.6 Å². The first-order valence-electron chi connectivity index (χ1n) is 7.00. The van der Waals surface area contributed by atoms with E-state index in [0.717, 1.165) is 19.3 Å². The van der Waals surface area contributed by atoms with Gasteiger partial charge in [-0.1, -0.05) is 18.2 Å². The molecule has 1 amide bonds. The Morgan fingerprint density at radius 3 is 2.81 bits per heavy atom. The molecule has 1 heterocycles. The zero-order chi connectivity index (χ0) is 14.8. The highest BCUT2D eigenvalue weighted by Gasteiger charge is 2.26. The summed E-state index contributed by atoms with van der Waals surface area (Å²) in [6.07, 6.45) is 5.23. The zero-order valence-electron chi connectivity index (χ0n) is 11.8. The summed E-state index contributed by atoms with van der Waals surface area (Å²) >= 11 is 1.85. The molecule has 0 radical (unpaired) electrons. The summed E-state index contributed by atoms with van der Waals surface area (Å²) in [7, 11) is 0. The number of rotatable bonds is 3. The number of nitrogens with one attached hydrogen (secondary N) is 2. The predicted molar refractivity (Wildman–Crippen MR) is 84.8 cm³/mol. The molecule has 2 atom stereocenters. The van der Waals surface area contributed by atoms with E-state index in [0.29, 0.717) is 16.0 Å². The number of hydrogen-bond acceptors (Lipinski definition) is 4. The summed E-state index contributed by atoms with van der Waals surface area (Å²) in [5.41, 5.74) is 0.0169. The minimum atomic E-state index is -0.273. The van der Waals surface area contributed by atoms with Crippen molar-refractivity contribution >= 4 is 28.4 Å². The number of carbonyl (C=O) groups excluding carboxylic acids is 1. The van der Waals surface area contributed by atoms with Gasteiger partial charge in [-0.3, -0.25) is 9.59 Å². The average molecular weight is 303 g/mol. The standard InChI is InChI=1S/C15H17N3O2S/c1-21-10-7-6-9(8-10)16-15(20)13-11-4-2-3-5-12(11)14(19)18-17-13/h2-5,9-10H,6-8H2,1H3,(H,16,20)(H,18,19).